The van der Waals surface area contributed by atoms with Crippen molar-refractivity contribution in [3.8, 4) is 5.75 Å². The Kier molecular flexibility index (Phi) is 4.02. The summed E-state index contributed by atoms with van der Waals surface area (Å²) < 4.78 is 5.06. The van der Waals surface area contributed by atoms with E-state index in [0.717, 1.165) is 4.90 Å². The molecule has 0 atom stereocenters. The fourth-order valence-electron chi connectivity index (χ4n) is 2.07. The van der Waals surface area contributed by atoms with Crippen molar-refractivity contribution in [2.24, 2.45) is 0 Å². The summed E-state index contributed by atoms with van der Waals surface area (Å²) in [4.78, 5) is 48.9. The number of likely N-dealkylation sites (N-methyl/N-ethyl adjacent to an activating group) is 1. The molecule has 0 unspecified atom stereocenters. The smallest absolute Gasteiger partial charge is 0.334 e. The molecule has 7 heteroatoms. The van der Waals surface area contributed by atoms with E-state index < -0.39 is 30.2 Å². The molecular weight excluding hydrogens is 276 g/mol. The highest BCUT2D eigenvalue weighted by Gasteiger charge is 2.44. The SMILES string of the molecule is CCN1C(=O)C(=O)N(CC(=O)c2ccccc2OC)C1=O. The highest BCUT2D eigenvalue weighted by Crippen LogP contribution is 2.19. The van der Waals surface area contributed by atoms with Crippen LogP contribution < -0.4 is 4.74 Å². The molecule has 110 valence electrons. The first-order chi connectivity index (χ1) is 10.0. The summed E-state index contributed by atoms with van der Waals surface area (Å²) >= 11 is 0. The van der Waals surface area contributed by atoms with Gasteiger partial charge in [0.25, 0.3) is 0 Å². The van der Waals surface area contributed by atoms with Gasteiger partial charge in [0.2, 0.25) is 0 Å². The largest absolute Gasteiger partial charge is 0.496 e. The zero-order valence-corrected chi connectivity index (χ0v) is 11.7. The van der Waals surface area contributed by atoms with Crippen LogP contribution in [0, 0.1) is 0 Å². The number of ketones is 1. The molecule has 1 aliphatic heterocycles. The van der Waals surface area contributed by atoms with Crippen LogP contribution in [0.5, 0.6) is 5.75 Å². The molecule has 1 fully saturated rings. The second-order valence-corrected chi connectivity index (χ2v) is 4.35. The number of Topliss-reactive ketones (excluding diaryl/α,β-unsaturated/α-hetero) is 1. The standard InChI is InChI=1S/C14H14N2O5/c1-3-15-12(18)13(19)16(14(15)20)8-10(17)9-6-4-5-7-11(9)21-2/h4-7H,3,8H2,1-2H3. The highest BCUT2D eigenvalue weighted by atomic mass is 16.5. The number of hydrogen-bond donors (Lipinski definition) is 0. The lowest BCUT2D eigenvalue weighted by Gasteiger charge is -2.14. The molecule has 0 bridgehead atoms. The number of rotatable bonds is 5. The summed E-state index contributed by atoms with van der Waals surface area (Å²) in [5.74, 6) is -2.01. The Morgan fingerprint density at radius 3 is 2.29 bits per heavy atom. The first kappa shape index (κ1) is 14.7. The summed E-state index contributed by atoms with van der Waals surface area (Å²) in [7, 11) is 1.42. The molecule has 2 rings (SSSR count). The van der Waals surface area contributed by atoms with Gasteiger partial charge in [-0.1, -0.05) is 12.1 Å². The summed E-state index contributed by atoms with van der Waals surface area (Å²) in [5.41, 5.74) is 0.253. The Morgan fingerprint density at radius 1 is 1.10 bits per heavy atom. The summed E-state index contributed by atoms with van der Waals surface area (Å²) in [6, 6.07) is 5.71. The van der Waals surface area contributed by atoms with E-state index in [4.69, 9.17) is 4.74 Å². The van der Waals surface area contributed by atoms with Crippen molar-refractivity contribution in [3.63, 3.8) is 0 Å². The van der Waals surface area contributed by atoms with E-state index in [1.807, 2.05) is 0 Å². The van der Waals surface area contributed by atoms with Gasteiger partial charge in [-0.3, -0.25) is 19.3 Å². The van der Waals surface area contributed by atoms with Gasteiger partial charge < -0.3 is 4.74 Å². The molecule has 1 aliphatic rings. The van der Waals surface area contributed by atoms with E-state index in [0.29, 0.717) is 10.6 Å². The third kappa shape index (κ3) is 2.49. The van der Waals surface area contributed by atoms with Gasteiger partial charge in [0.15, 0.2) is 5.78 Å². The van der Waals surface area contributed by atoms with E-state index in [1.165, 1.54) is 13.2 Å². The Morgan fingerprint density at radius 2 is 1.71 bits per heavy atom. The Balaban J connectivity index is 2.22. The number of nitrogens with zero attached hydrogens (tertiary/aromatic N) is 2. The molecular formula is C14H14N2O5. The van der Waals surface area contributed by atoms with Crippen LogP contribution in [0.2, 0.25) is 0 Å². The number of methoxy groups -OCH3 is 1. The molecule has 0 aromatic heterocycles. The second kappa shape index (κ2) is 5.74. The van der Waals surface area contributed by atoms with Gasteiger partial charge >= 0.3 is 17.8 Å². The van der Waals surface area contributed by atoms with Crippen molar-refractivity contribution in [1.29, 1.82) is 0 Å². The highest BCUT2D eigenvalue weighted by molar-refractivity contribution is 6.45. The van der Waals surface area contributed by atoms with Gasteiger partial charge in [-0.2, -0.15) is 0 Å². The maximum atomic E-state index is 12.2. The van der Waals surface area contributed by atoms with Crippen LogP contribution in [0.4, 0.5) is 4.79 Å². The quantitative estimate of drug-likeness (QED) is 0.452. The van der Waals surface area contributed by atoms with Crippen LogP contribution >= 0.6 is 0 Å². The molecule has 1 heterocycles. The number of hydrogen-bond acceptors (Lipinski definition) is 5. The topological polar surface area (TPSA) is 84.0 Å². The van der Waals surface area contributed by atoms with Crippen LogP contribution in [-0.4, -0.2) is 53.6 Å². The zero-order chi connectivity index (χ0) is 15.6. The molecule has 0 spiro atoms. The van der Waals surface area contributed by atoms with Crippen LogP contribution in [0.25, 0.3) is 0 Å². The number of imide groups is 2. The number of ether oxygens (including phenoxy) is 1. The number of benzene rings is 1. The number of carbonyl (C=O) groups excluding carboxylic acids is 4. The Hall–Kier alpha value is -2.70. The van der Waals surface area contributed by atoms with Crippen LogP contribution in [-0.2, 0) is 9.59 Å². The molecule has 1 saturated heterocycles. The molecule has 0 saturated carbocycles. The minimum absolute atomic E-state index is 0.0861. The number of amides is 4. The second-order valence-electron chi connectivity index (χ2n) is 4.35. The minimum atomic E-state index is -0.981. The van der Waals surface area contributed by atoms with Crippen LogP contribution in [0.1, 0.15) is 17.3 Å². The van der Waals surface area contributed by atoms with Crippen molar-refractivity contribution >= 4 is 23.6 Å². The van der Waals surface area contributed by atoms with E-state index >= 15 is 0 Å². The first-order valence-electron chi connectivity index (χ1n) is 6.34. The van der Waals surface area contributed by atoms with Crippen molar-refractivity contribution in [2.45, 2.75) is 6.92 Å². The predicted molar refractivity (Wildman–Crippen MR) is 71.8 cm³/mol. The average Bonchev–Trinajstić information content (AvgIpc) is 2.70. The Bertz CT molecular complexity index is 626. The van der Waals surface area contributed by atoms with Crippen molar-refractivity contribution < 1.29 is 23.9 Å². The zero-order valence-electron chi connectivity index (χ0n) is 11.7. The molecule has 1 aromatic carbocycles. The van der Waals surface area contributed by atoms with Crippen molar-refractivity contribution in [2.75, 3.05) is 20.2 Å². The molecule has 0 aliphatic carbocycles. The normalized spacial score (nSPS) is 14.9. The monoisotopic (exact) mass is 290 g/mol. The molecule has 1 aromatic rings. The lowest BCUT2D eigenvalue weighted by Crippen LogP contribution is -2.37. The van der Waals surface area contributed by atoms with E-state index in [9.17, 15) is 19.2 Å². The summed E-state index contributed by atoms with van der Waals surface area (Å²) in [5, 5.41) is 0. The maximum absolute atomic E-state index is 12.2. The Labute approximate surface area is 121 Å². The lowest BCUT2D eigenvalue weighted by atomic mass is 10.1. The van der Waals surface area contributed by atoms with Gasteiger partial charge in [0.05, 0.1) is 19.2 Å². The van der Waals surface area contributed by atoms with Gasteiger partial charge in [-0.25, -0.2) is 9.69 Å². The van der Waals surface area contributed by atoms with Gasteiger partial charge in [-0.05, 0) is 19.1 Å². The summed E-state index contributed by atoms with van der Waals surface area (Å²) in [6.07, 6.45) is 0. The summed E-state index contributed by atoms with van der Waals surface area (Å²) in [6.45, 7) is 1.18. The maximum Gasteiger partial charge on any atom is 0.334 e. The van der Waals surface area contributed by atoms with E-state index in [2.05, 4.69) is 0 Å². The van der Waals surface area contributed by atoms with Gasteiger partial charge in [-0.15, -0.1) is 0 Å². The molecule has 4 amide bonds. The molecule has 0 N–H and O–H groups in total. The van der Waals surface area contributed by atoms with Crippen molar-refractivity contribution in [1.82, 2.24) is 9.80 Å². The molecule has 0 radical (unpaired) electrons. The van der Waals surface area contributed by atoms with Gasteiger partial charge in [0.1, 0.15) is 5.75 Å². The van der Waals surface area contributed by atoms with Crippen LogP contribution in [0.3, 0.4) is 0 Å². The lowest BCUT2D eigenvalue weighted by molar-refractivity contribution is -0.143. The van der Waals surface area contributed by atoms with E-state index in [-0.39, 0.29) is 12.1 Å². The van der Waals surface area contributed by atoms with E-state index in [1.54, 1.807) is 25.1 Å². The molecule has 21 heavy (non-hydrogen) atoms. The fraction of sp³-hybridized carbons (Fsp3) is 0.286. The number of urea groups is 1. The third-order valence-electron chi connectivity index (χ3n) is 3.16. The molecule has 7 nitrogen and oxygen atoms in total. The van der Waals surface area contributed by atoms with Gasteiger partial charge in [0, 0.05) is 6.54 Å². The fourth-order valence-corrected chi connectivity index (χ4v) is 2.07. The minimum Gasteiger partial charge on any atom is -0.496 e. The number of carbonyl (C=O) groups is 4. The first-order valence-corrected chi connectivity index (χ1v) is 6.34. The third-order valence-corrected chi connectivity index (χ3v) is 3.16. The average molecular weight is 290 g/mol. The van der Waals surface area contributed by atoms with Crippen molar-refractivity contribution in [3.05, 3.63) is 29.8 Å². The number of para-hydroxylation sites is 1. The van der Waals surface area contributed by atoms with Crippen LogP contribution in [0.15, 0.2) is 24.3 Å². The predicted octanol–water partition coefficient (Wildman–Crippen LogP) is 0.689.